The van der Waals surface area contributed by atoms with Gasteiger partial charge in [0.2, 0.25) is 5.78 Å². The Kier molecular flexibility index (Phi) is 4.79. The van der Waals surface area contributed by atoms with Crippen molar-refractivity contribution < 1.29 is 26.7 Å². The fourth-order valence-corrected chi connectivity index (χ4v) is 2.94. The molecular formula is C16H9F5N4OS. The molecule has 1 aromatic carbocycles. The Morgan fingerprint density at radius 1 is 1.11 bits per heavy atom. The van der Waals surface area contributed by atoms with Gasteiger partial charge in [-0.15, -0.1) is 0 Å². The summed E-state index contributed by atoms with van der Waals surface area (Å²) in [4.78, 5) is 19.5. The van der Waals surface area contributed by atoms with Crippen molar-refractivity contribution in [1.29, 1.82) is 0 Å². The highest BCUT2D eigenvalue weighted by molar-refractivity contribution is 7.18. The molecule has 2 aromatic heterocycles. The first-order valence-electron chi connectivity index (χ1n) is 7.21. The summed E-state index contributed by atoms with van der Waals surface area (Å²) >= 11 is 0.814. The summed E-state index contributed by atoms with van der Waals surface area (Å²) in [5, 5.41) is 2.80. The average Bonchev–Trinajstić information content (AvgIpc) is 2.97. The van der Waals surface area contributed by atoms with Crippen LogP contribution < -0.4 is 11.1 Å². The molecule has 0 saturated heterocycles. The SMILES string of the molecule is Nc1nc(Nc2ccc(F)c(F)c2)sc1C(=O)c1ccc(C(F)(F)F)nc1. The minimum absolute atomic E-state index is 0.0263. The fraction of sp³-hybridized carbons (Fsp3) is 0.0625. The maximum absolute atomic E-state index is 13.2. The number of ketones is 1. The van der Waals surface area contributed by atoms with Crippen LogP contribution in [0.4, 0.5) is 38.6 Å². The monoisotopic (exact) mass is 400 g/mol. The third-order valence-electron chi connectivity index (χ3n) is 3.35. The van der Waals surface area contributed by atoms with Crippen LogP contribution >= 0.6 is 11.3 Å². The fourth-order valence-electron chi connectivity index (χ4n) is 2.07. The minimum atomic E-state index is -4.62. The van der Waals surface area contributed by atoms with E-state index < -0.39 is 29.3 Å². The Balaban J connectivity index is 1.83. The number of nitrogens with one attached hydrogen (secondary N) is 1. The second-order valence-corrected chi connectivity index (χ2v) is 6.25. The number of thiazole rings is 1. The third kappa shape index (κ3) is 4.03. The van der Waals surface area contributed by atoms with E-state index >= 15 is 0 Å². The number of anilines is 3. The first-order chi connectivity index (χ1) is 12.6. The maximum Gasteiger partial charge on any atom is 0.433 e. The van der Waals surface area contributed by atoms with Gasteiger partial charge < -0.3 is 11.1 Å². The lowest BCUT2D eigenvalue weighted by molar-refractivity contribution is -0.141. The summed E-state index contributed by atoms with van der Waals surface area (Å²) in [6, 6.07) is 4.74. The predicted molar refractivity (Wildman–Crippen MR) is 88.8 cm³/mol. The zero-order chi connectivity index (χ0) is 19.8. The van der Waals surface area contributed by atoms with Gasteiger partial charge >= 0.3 is 6.18 Å². The lowest BCUT2D eigenvalue weighted by Gasteiger charge is -2.05. The largest absolute Gasteiger partial charge is 0.433 e. The van der Waals surface area contributed by atoms with Gasteiger partial charge in [-0.2, -0.15) is 13.2 Å². The number of carbonyl (C=O) groups is 1. The summed E-state index contributed by atoms with van der Waals surface area (Å²) in [6.45, 7) is 0. The molecule has 2 heterocycles. The van der Waals surface area contributed by atoms with Gasteiger partial charge in [0.05, 0.1) is 0 Å². The van der Waals surface area contributed by atoms with E-state index in [1.54, 1.807) is 0 Å². The van der Waals surface area contributed by atoms with Gasteiger partial charge in [0.15, 0.2) is 16.8 Å². The third-order valence-corrected chi connectivity index (χ3v) is 4.33. The van der Waals surface area contributed by atoms with E-state index in [-0.39, 0.29) is 27.1 Å². The number of hydrogen-bond donors (Lipinski definition) is 2. The normalized spacial score (nSPS) is 11.4. The molecule has 0 aliphatic rings. The van der Waals surface area contributed by atoms with Crippen LogP contribution in [-0.4, -0.2) is 15.8 Å². The molecule has 0 unspecified atom stereocenters. The molecule has 140 valence electrons. The Labute approximate surface area is 152 Å². The van der Waals surface area contributed by atoms with Crippen molar-refractivity contribution in [3.05, 3.63) is 64.3 Å². The number of hydrogen-bond acceptors (Lipinski definition) is 6. The van der Waals surface area contributed by atoms with E-state index in [9.17, 15) is 26.7 Å². The number of nitrogens with zero attached hydrogens (tertiary/aromatic N) is 2. The van der Waals surface area contributed by atoms with Gasteiger partial charge in [0, 0.05) is 23.5 Å². The van der Waals surface area contributed by atoms with Gasteiger partial charge in [-0.1, -0.05) is 11.3 Å². The maximum atomic E-state index is 13.2. The van der Waals surface area contributed by atoms with Crippen molar-refractivity contribution in [2.24, 2.45) is 0 Å². The van der Waals surface area contributed by atoms with Crippen molar-refractivity contribution in [3.63, 3.8) is 0 Å². The van der Waals surface area contributed by atoms with Crippen LogP contribution in [0.2, 0.25) is 0 Å². The molecule has 3 rings (SSSR count). The first kappa shape index (κ1) is 18.7. The average molecular weight is 400 g/mol. The molecule has 0 saturated carbocycles. The number of benzene rings is 1. The standard InChI is InChI=1S/C16H9F5N4OS/c17-9-3-2-8(5-10(9)18)24-15-25-14(22)13(27-15)12(26)7-1-4-11(23-6-7)16(19,20)21/h1-6H,22H2,(H,24,25). The molecule has 0 aliphatic carbocycles. The Morgan fingerprint density at radius 2 is 1.85 bits per heavy atom. The number of alkyl halides is 3. The quantitative estimate of drug-likeness (QED) is 0.502. The highest BCUT2D eigenvalue weighted by atomic mass is 32.1. The molecule has 0 aliphatic heterocycles. The van der Waals surface area contributed by atoms with Gasteiger partial charge in [-0.05, 0) is 24.3 Å². The van der Waals surface area contributed by atoms with E-state index in [4.69, 9.17) is 5.73 Å². The summed E-state index contributed by atoms with van der Waals surface area (Å²) < 4.78 is 63.8. The molecule has 0 radical (unpaired) electrons. The number of aromatic nitrogens is 2. The van der Waals surface area contributed by atoms with E-state index in [0.29, 0.717) is 6.07 Å². The van der Waals surface area contributed by atoms with E-state index in [1.165, 1.54) is 6.07 Å². The van der Waals surface area contributed by atoms with Crippen LogP contribution in [0.3, 0.4) is 0 Å². The van der Waals surface area contributed by atoms with Crippen LogP contribution in [-0.2, 0) is 6.18 Å². The first-order valence-corrected chi connectivity index (χ1v) is 8.03. The summed E-state index contributed by atoms with van der Waals surface area (Å²) in [5.74, 6) is -2.92. The lowest BCUT2D eigenvalue weighted by atomic mass is 10.1. The molecule has 0 fully saturated rings. The van der Waals surface area contributed by atoms with Gasteiger partial charge in [0.1, 0.15) is 16.4 Å². The highest BCUT2D eigenvalue weighted by Crippen LogP contribution is 2.31. The van der Waals surface area contributed by atoms with Crippen LogP contribution in [0.1, 0.15) is 20.9 Å². The number of nitrogen functional groups attached to an aromatic ring is 1. The van der Waals surface area contributed by atoms with E-state index in [2.05, 4.69) is 15.3 Å². The zero-order valence-corrected chi connectivity index (χ0v) is 14.0. The van der Waals surface area contributed by atoms with Crippen LogP contribution in [0.25, 0.3) is 0 Å². The Hall–Kier alpha value is -3.08. The number of halogens is 5. The van der Waals surface area contributed by atoms with Gasteiger partial charge in [-0.3, -0.25) is 9.78 Å². The number of carbonyl (C=O) groups excluding carboxylic acids is 1. The molecule has 0 atom stereocenters. The Morgan fingerprint density at radius 3 is 2.44 bits per heavy atom. The van der Waals surface area contributed by atoms with Gasteiger partial charge in [-0.25, -0.2) is 13.8 Å². The van der Waals surface area contributed by atoms with Crippen molar-refractivity contribution in [3.8, 4) is 0 Å². The molecule has 5 nitrogen and oxygen atoms in total. The molecule has 11 heteroatoms. The Bertz CT molecular complexity index is 1000. The van der Waals surface area contributed by atoms with Gasteiger partial charge in [0.25, 0.3) is 0 Å². The predicted octanol–water partition coefficient (Wildman–Crippen LogP) is 4.39. The van der Waals surface area contributed by atoms with Crippen molar-refractivity contribution in [2.45, 2.75) is 6.18 Å². The topological polar surface area (TPSA) is 80.9 Å². The smallest absolute Gasteiger partial charge is 0.382 e. The zero-order valence-electron chi connectivity index (χ0n) is 13.1. The van der Waals surface area contributed by atoms with E-state index in [1.807, 2.05) is 0 Å². The molecular weight excluding hydrogens is 391 g/mol. The molecule has 0 spiro atoms. The number of nitrogens with two attached hydrogens (primary N) is 1. The summed E-state index contributed by atoms with van der Waals surface area (Å²) in [7, 11) is 0. The summed E-state index contributed by atoms with van der Waals surface area (Å²) in [5.41, 5.74) is 4.64. The van der Waals surface area contributed by atoms with E-state index in [0.717, 1.165) is 35.7 Å². The second kappa shape index (κ2) is 6.91. The molecule has 3 aromatic rings. The van der Waals surface area contributed by atoms with Crippen molar-refractivity contribution >= 4 is 33.8 Å². The number of rotatable bonds is 4. The summed E-state index contributed by atoms with van der Waals surface area (Å²) in [6.07, 6.45) is -3.82. The van der Waals surface area contributed by atoms with Crippen LogP contribution in [0.15, 0.2) is 36.5 Å². The molecule has 0 bridgehead atoms. The van der Waals surface area contributed by atoms with Crippen LogP contribution in [0, 0.1) is 11.6 Å². The van der Waals surface area contributed by atoms with Crippen molar-refractivity contribution in [2.75, 3.05) is 11.1 Å². The van der Waals surface area contributed by atoms with Crippen LogP contribution in [0.5, 0.6) is 0 Å². The van der Waals surface area contributed by atoms with Crippen molar-refractivity contribution in [1.82, 2.24) is 9.97 Å². The number of pyridine rings is 1. The molecule has 0 amide bonds. The lowest BCUT2D eigenvalue weighted by Crippen LogP contribution is -2.09. The molecule has 3 N–H and O–H groups in total. The highest BCUT2D eigenvalue weighted by Gasteiger charge is 2.32. The minimum Gasteiger partial charge on any atom is -0.382 e. The second-order valence-electron chi connectivity index (χ2n) is 5.25. The molecule has 27 heavy (non-hydrogen) atoms.